The Hall–Kier alpha value is -1.45. The maximum absolute atomic E-state index is 4.20. The van der Waals surface area contributed by atoms with Crippen LogP contribution in [0.1, 0.15) is 11.3 Å². The van der Waals surface area contributed by atoms with Gasteiger partial charge in [0.05, 0.1) is 5.69 Å². The molecule has 2 aromatic rings. The predicted octanol–water partition coefficient (Wildman–Crippen LogP) is 0.741. The SMILES string of the molecule is Cc1nn2cncnc2c1C. The maximum Gasteiger partial charge on any atom is 0.161 e. The minimum Gasteiger partial charge on any atom is -0.225 e. The maximum atomic E-state index is 4.20. The van der Waals surface area contributed by atoms with Crippen molar-refractivity contribution in [2.45, 2.75) is 13.8 Å². The minimum absolute atomic E-state index is 0.887. The van der Waals surface area contributed by atoms with Gasteiger partial charge in [0.1, 0.15) is 12.7 Å². The van der Waals surface area contributed by atoms with Gasteiger partial charge in [-0.05, 0) is 13.8 Å². The van der Waals surface area contributed by atoms with Gasteiger partial charge in [0.25, 0.3) is 0 Å². The predicted molar refractivity (Wildman–Crippen MR) is 40.3 cm³/mol. The van der Waals surface area contributed by atoms with Crippen molar-refractivity contribution in [1.29, 1.82) is 0 Å². The van der Waals surface area contributed by atoms with Gasteiger partial charge >= 0.3 is 0 Å². The highest BCUT2D eigenvalue weighted by Gasteiger charge is 2.03. The highest BCUT2D eigenvalue weighted by molar-refractivity contribution is 5.47. The quantitative estimate of drug-likeness (QED) is 0.553. The second-order valence-electron chi connectivity index (χ2n) is 2.49. The molecule has 2 heterocycles. The number of fused-ring (bicyclic) bond motifs is 1. The first-order valence-corrected chi connectivity index (χ1v) is 3.40. The van der Waals surface area contributed by atoms with Gasteiger partial charge in [-0.3, -0.25) is 0 Å². The average molecular weight is 148 g/mol. The second-order valence-corrected chi connectivity index (χ2v) is 2.49. The van der Waals surface area contributed by atoms with Crippen molar-refractivity contribution in [3.05, 3.63) is 23.9 Å². The number of rotatable bonds is 0. The molecule has 0 aliphatic carbocycles. The van der Waals surface area contributed by atoms with Crippen molar-refractivity contribution in [2.75, 3.05) is 0 Å². The molecule has 0 aliphatic rings. The zero-order chi connectivity index (χ0) is 7.84. The first-order chi connectivity index (χ1) is 5.29. The number of hydrogen-bond donors (Lipinski definition) is 0. The van der Waals surface area contributed by atoms with E-state index in [1.807, 2.05) is 13.8 Å². The van der Waals surface area contributed by atoms with Gasteiger partial charge in [-0.1, -0.05) is 0 Å². The standard InChI is InChI=1S/C7H8N4/c1-5-6(2)10-11-4-8-3-9-7(5)11/h3-4H,1-2H3. The molecular weight excluding hydrogens is 140 g/mol. The fourth-order valence-electron chi connectivity index (χ4n) is 1.04. The molecule has 0 aromatic carbocycles. The number of nitrogens with zero attached hydrogens (tertiary/aromatic N) is 4. The molecule has 2 aromatic heterocycles. The Balaban J connectivity index is 2.92. The molecule has 0 fully saturated rings. The zero-order valence-corrected chi connectivity index (χ0v) is 6.44. The van der Waals surface area contributed by atoms with Crippen LogP contribution in [0.15, 0.2) is 12.7 Å². The molecule has 0 bridgehead atoms. The molecule has 0 radical (unpaired) electrons. The lowest BCUT2D eigenvalue weighted by Crippen LogP contribution is -1.90. The van der Waals surface area contributed by atoms with Gasteiger partial charge in [0.2, 0.25) is 0 Å². The minimum atomic E-state index is 0.887. The molecule has 2 rings (SSSR count). The third-order valence-electron chi connectivity index (χ3n) is 1.78. The lowest BCUT2D eigenvalue weighted by atomic mass is 10.3. The van der Waals surface area contributed by atoms with Crippen molar-refractivity contribution < 1.29 is 0 Å². The van der Waals surface area contributed by atoms with Crippen LogP contribution in [0.5, 0.6) is 0 Å². The van der Waals surface area contributed by atoms with Crippen LogP contribution in [0.2, 0.25) is 0 Å². The summed E-state index contributed by atoms with van der Waals surface area (Å²) in [5, 5.41) is 4.20. The Morgan fingerprint density at radius 1 is 1.36 bits per heavy atom. The van der Waals surface area contributed by atoms with Gasteiger partial charge < -0.3 is 0 Å². The number of aryl methyl sites for hydroxylation is 2. The van der Waals surface area contributed by atoms with Crippen LogP contribution < -0.4 is 0 Å². The highest BCUT2D eigenvalue weighted by Crippen LogP contribution is 2.08. The fourth-order valence-corrected chi connectivity index (χ4v) is 1.04. The van der Waals surface area contributed by atoms with Crippen LogP contribution in [-0.4, -0.2) is 19.6 Å². The molecule has 0 amide bonds. The molecule has 0 atom stereocenters. The molecular formula is C7H8N4. The molecule has 0 aliphatic heterocycles. The first kappa shape index (κ1) is 6.27. The van der Waals surface area contributed by atoms with E-state index in [2.05, 4.69) is 15.1 Å². The molecule has 0 saturated heterocycles. The summed E-state index contributed by atoms with van der Waals surface area (Å²) in [7, 11) is 0. The first-order valence-electron chi connectivity index (χ1n) is 3.40. The van der Waals surface area contributed by atoms with Gasteiger partial charge in [0.15, 0.2) is 5.65 Å². The lowest BCUT2D eigenvalue weighted by molar-refractivity contribution is 0.875. The molecule has 56 valence electrons. The summed E-state index contributed by atoms with van der Waals surface area (Å²) < 4.78 is 1.69. The summed E-state index contributed by atoms with van der Waals surface area (Å²) in [5.41, 5.74) is 3.01. The van der Waals surface area contributed by atoms with E-state index in [0.717, 1.165) is 16.9 Å². The molecule has 11 heavy (non-hydrogen) atoms. The van der Waals surface area contributed by atoms with Gasteiger partial charge in [0, 0.05) is 5.56 Å². The van der Waals surface area contributed by atoms with Crippen LogP contribution >= 0.6 is 0 Å². The molecule has 0 unspecified atom stereocenters. The van der Waals surface area contributed by atoms with Crippen molar-refractivity contribution >= 4 is 5.65 Å². The number of hydrogen-bond acceptors (Lipinski definition) is 3. The Labute approximate surface area is 63.9 Å². The Kier molecular flexibility index (Phi) is 1.15. The molecule has 4 nitrogen and oxygen atoms in total. The summed E-state index contributed by atoms with van der Waals surface area (Å²) in [6.45, 7) is 3.97. The van der Waals surface area contributed by atoms with E-state index in [-0.39, 0.29) is 0 Å². The Morgan fingerprint density at radius 3 is 2.91 bits per heavy atom. The summed E-state index contributed by atoms with van der Waals surface area (Å²) in [6.07, 6.45) is 3.19. The van der Waals surface area contributed by atoms with Crippen LogP contribution in [0.25, 0.3) is 5.65 Å². The average Bonchev–Trinajstić information content (AvgIpc) is 2.30. The van der Waals surface area contributed by atoms with E-state index in [4.69, 9.17) is 0 Å². The third kappa shape index (κ3) is 0.790. The lowest BCUT2D eigenvalue weighted by Gasteiger charge is -1.87. The molecule has 0 spiro atoms. The second kappa shape index (κ2) is 2.02. The van der Waals surface area contributed by atoms with E-state index in [1.54, 1.807) is 10.8 Å². The van der Waals surface area contributed by atoms with Crippen molar-refractivity contribution in [3.63, 3.8) is 0 Å². The van der Waals surface area contributed by atoms with Crippen molar-refractivity contribution in [2.24, 2.45) is 0 Å². The van der Waals surface area contributed by atoms with E-state index in [0.29, 0.717) is 0 Å². The van der Waals surface area contributed by atoms with E-state index < -0.39 is 0 Å². The van der Waals surface area contributed by atoms with Crippen LogP contribution in [0, 0.1) is 13.8 Å². The topological polar surface area (TPSA) is 43.1 Å². The third-order valence-corrected chi connectivity index (χ3v) is 1.78. The van der Waals surface area contributed by atoms with E-state index in [1.165, 1.54) is 6.33 Å². The van der Waals surface area contributed by atoms with Crippen LogP contribution in [0.3, 0.4) is 0 Å². The van der Waals surface area contributed by atoms with Crippen molar-refractivity contribution in [1.82, 2.24) is 19.6 Å². The van der Waals surface area contributed by atoms with Crippen molar-refractivity contribution in [3.8, 4) is 0 Å². The summed E-state index contributed by atoms with van der Waals surface area (Å²) in [6, 6.07) is 0. The van der Waals surface area contributed by atoms with Gasteiger partial charge in [-0.25, -0.2) is 14.5 Å². The summed E-state index contributed by atoms with van der Waals surface area (Å²) in [4.78, 5) is 7.95. The molecule has 0 N–H and O–H groups in total. The Bertz CT molecular complexity index is 390. The van der Waals surface area contributed by atoms with Gasteiger partial charge in [-0.2, -0.15) is 5.10 Å². The molecule has 4 heteroatoms. The summed E-state index contributed by atoms with van der Waals surface area (Å²) >= 11 is 0. The van der Waals surface area contributed by atoms with E-state index in [9.17, 15) is 0 Å². The number of aromatic nitrogens is 4. The van der Waals surface area contributed by atoms with Gasteiger partial charge in [-0.15, -0.1) is 0 Å². The van der Waals surface area contributed by atoms with Crippen LogP contribution in [0.4, 0.5) is 0 Å². The Morgan fingerprint density at radius 2 is 2.18 bits per heavy atom. The van der Waals surface area contributed by atoms with Crippen LogP contribution in [-0.2, 0) is 0 Å². The van der Waals surface area contributed by atoms with E-state index >= 15 is 0 Å². The normalized spacial score (nSPS) is 10.7. The largest absolute Gasteiger partial charge is 0.225 e. The fraction of sp³-hybridized carbons (Fsp3) is 0.286. The highest BCUT2D eigenvalue weighted by atomic mass is 15.3. The monoisotopic (exact) mass is 148 g/mol. The smallest absolute Gasteiger partial charge is 0.161 e. The summed E-state index contributed by atoms with van der Waals surface area (Å²) in [5.74, 6) is 0. The molecule has 0 saturated carbocycles. The zero-order valence-electron chi connectivity index (χ0n) is 6.44.